The third kappa shape index (κ3) is 4.74. The molecule has 0 atom stereocenters. The van der Waals surface area contributed by atoms with E-state index in [9.17, 15) is 9.90 Å². The van der Waals surface area contributed by atoms with Crippen LogP contribution in [0, 0.1) is 0 Å². The molecule has 1 aromatic carbocycles. The van der Waals surface area contributed by atoms with Gasteiger partial charge < -0.3 is 20.1 Å². The summed E-state index contributed by atoms with van der Waals surface area (Å²) in [6, 6.07) is 5.11. The van der Waals surface area contributed by atoms with Gasteiger partial charge in [-0.25, -0.2) is 0 Å². The van der Waals surface area contributed by atoms with Crippen molar-refractivity contribution < 1.29 is 14.6 Å². The van der Waals surface area contributed by atoms with Crippen molar-refractivity contribution in [2.24, 2.45) is 0 Å². The number of carbonyl (C=O) groups is 1. The van der Waals surface area contributed by atoms with E-state index in [0.717, 1.165) is 18.7 Å². The molecule has 0 unspecified atom stereocenters. The molecule has 1 aromatic rings. The van der Waals surface area contributed by atoms with E-state index in [2.05, 4.69) is 5.32 Å². The fourth-order valence-corrected chi connectivity index (χ4v) is 1.98. The van der Waals surface area contributed by atoms with E-state index in [1.54, 1.807) is 25.3 Å². The number of amides is 1. The predicted molar refractivity (Wildman–Crippen MR) is 78.9 cm³/mol. The van der Waals surface area contributed by atoms with Crippen LogP contribution in [0.25, 0.3) is 0 Å². The van der Waals surface area contributed by atoms with E-state index < -0.39 is 0 Å². The highest BCUT2D eigenvalue weighted by Crippen LogP contribution is 2.22. The molecule has 1 amide bonds. The zero-order valence-corrected chi connectivity index (χ0v) is 12.5. The smallest absolute Gasteiger partial charge is 0.223 e. The molecule has 0 heterocycles. The number of rotatable bonds is 8. The third-order valence-corrected chi connectivity index (χ3v) is 3.23. The third-order valence-electron chi connectivity index (χ3n) is 3.23. The van der Waals surface area contributed by atoms with Crippen LogP contribution >= 0.6 is 0 Å². The Morgan fingerprint density at radius 3 is 2.65 bits per heavy atom. The molecule has 2 N–H and O–H groups in total. The second-order valence-corrected chi connectivity index (χ2v) is 4.49. The molecule has 112 valence electrons. The molecule has 0 radical (unpaired) electrons. The van der Waals surface area contributed by atoms with E-state index in [4.69, 9.17) is 4.74 Å². The van der Waals surface area contributed by atoms with Crippen LogP contribution in [0.15, 0.2) is 18.2 Å². The summed E-state index contributed by atoms with van der Waals surface area (Å²) < 4.78 is 5.12. The van der Waals surface area contributed by atoms with Crippen molar-refractivity contribution in [3.05, 3.63) is 23.8 Å². The molecular formula is C15H24N2O3. The summed E-state index contributed by atoms with van der Waals surface area (Å²) in [5, 5.41) is 12.9. The van der Waals surface area contributed by atoms with Gasteiger partial charge in [0.2, 0.25) is 5.91 Å². The van der Waals surface area contributed by atoms with Crippen LogP contribution in [0.5, 0.6) is 11.5 Å². The van der Waals surface area contributed by atoms with E-state index in [1.807, 2.05) is 18.7 Å². The van der Waals surface area contributed by atoms with Crippen LogP contribution in [-0.4, -0.2) is 42.7 Å². The van der Waals surface area contributed by atoms with E-state index in [-0.39, 0.29) is 11.7 Å². The molecule has 5 nitrogen and oxygen atoms in total. The van der Waals surface area contributed by atoms with E-state index >= 15 is 0 Å². The quantitative estimate of drug-likeness (QED) is 0.712. The first-order valence-electron chi connectivity index (χ1n) is 6.96. The van der Waals surface area contributed by atoms with Crippen molar-refractivity contribution in [3.8, 4) is 11.5 Å². The molecule has 5 heteroatoms. The zero-order chi connectivity index (χ0) is 15.0. The minimum Gasteiger partial charge on any atom is -0.508 e. The average Bonchev–Trinajstić information content (AvgIpc) is 2.46. The van der Waals surface area contributed by atoms with Crippen LogP contribution in [-0.2, 0) is 11.3 Å². The Morgan fingerprint density at radius 1 is 1.35 bits per heavy atom. The van der Waals surface area contributed by atoms with Crippen molar-refractivity contribution in [2.75, 3.05) is 26.7 Å². The molecule has 0 spiro atoms. The van der Waals surface area contributed by atoms with Gasteiger partial charge in [0.25, 0.3) is 0 Å². The summed E-state index contributed by atoms with van der Waals surface area (Å²) in [6.07, 6.45) is 0.465. The molecule has 1 rings (SSSR count). The summed E-state index contributed by atoms with van der Waals surface area (Å²) >= 11 is 0. The second-order valence-electron chi connectivity index (χ2n) is 4.49. The van der Waals surface area contributed by atoms with Crippen molar-refractivity contribution in [1.82, 2.24) is 10.2 Å². The summed E-state index contributed by atoms with van der Waals surface area (Å²) in [7, 11) is 1.59. The lowest BCUT2D eigenvalue weighted by atomic mass is 10.2. The lowest BCUT2D eigenvalue weighted by molar-refractivity contribution is -0.130. The molecule has 0 saturated heterocycles. The van der Waals surface area contributed by atoms with Crippen molar-refractivity contribution >= 4 is 5.91 Å². The summed E-state index contributed by atoms with van der Waals surface area (Å²) in [6.45, 7) is 6.53. The van der Waals surface area contributed by atoms with Crippen LogP contribution < -0.4 is 10.1 Å². The number of aromatic hydroxyl groups is 1. The Labute approximate surface area is 120 Å². The number of phenolic OH excluding ortho intramolecular Hbond substituents is 1. The molecule has 0 fully saturated rings. The largest absolute Gasteiger partial charge is 0.508 e. The van der Waals surface area contributed by atoms with E-state index in [1.165, 1.54) is 0 Å². The Hall–Kier alpha value is -1.75. The standard InChI is InChI=1S/C15H24N2O3/c1-4-17(5-2)15(19)8-9-16-11-12-10-13(20-3)6-7-14(12)18/h6-7,10,16,18H,4-5,8-9,11H2,1-3H3. The number of methoxy groups -OCH3 is 1. The van der Waals surface area contributed by atoms with Gasteiger partial charge in [-0.3, -0.25) is 4.79 Å². The van der Waals surface area contributed by atoms with Crippen molar-refractivity contribution in [1.29, 1.82) is 0 Å². The summed E-state index contributed by atoms with van der Waals surface area (Å²) in [5.41, 5.74) is 0.764. The maximum atomic E-state index is 11.8. The molecule has 0 aliphatic heterocycles. The molecule has 0 bridgehead atoms. The fourth-order valence-electron chi connectivity index (χ4n) is 1.98. The first-order valence-corrected chi connectivity index (χ1v) is 6.96. The Kier molecular flexibility index (Phi) is 6.87. The van der Waals surface area contributed by atoms with Crippen LogP contribution in [0.3, 0.4) is 0 Å². The number of hydrogen-bond acceptors (Lipinski definition) is 4. The monoisotopic (exact) mass is 280 g/mol. The molecular weight excluding hydrogens is 256 g/mol. The van der Waals surface area contributed by atoms with Gasteiger partial charge in [-0.05, 0) is 32.0 Å². The number of phenols is 1. The van der Waals surface area contributed by atoms with Gasteiger partial charge in [0.05, 0.1) is 7.11 Å². The average molecular weight is 280 g/mol. The van der Waals surface area contributed by atoms with Gasteiger partial charge >= 0.3 is 0 Å². The maximum absolute atomic E-state index is 11.8. The van der Waals surface area contributed by atoms with Crippen molar-refractivity contribution in [3.63, 3.8) is 0 Å². The Balaban J connectivity index is 2.39. The summed E-state index contributed by atoms with van der Waals surface area (Å²) in [5.74, 6) is 1.09. The predicted octanol–water partition coefficient (Wildman–Crippen LogP) is 1.75. The highest BCUT2D eigenvalue weighted by atomic mass is 16.5. The van der Waals surface area contributed by atoms with E-state index in [0.29, 0.717) is 25.3 Å². The Morgan fingerprint density at radius 2 is 2.05 bits per heavy atom. The lowest BCUT2D eigenvalue weighted by Crippen LogP contribution is -2.32. The maximum Gasteiger partial charge on any atom is 0.223 e. The topological polar surface area (TPSA) is 61.8 Å². The number of hydrogen-bond donors (Lipinski definition) is 2. The van der Waals surface area contributed by atoms with Gasteiger partial charge in [0.1, 0.15) is 11.5 Å². The minimum absolute atomic E-state index is 0.150. The number of carbonyl (C=O) groups excluding carboxylic acids is 1. The first kappa shape index (κ1) is 16.3. The second kappa shape index (κ2) is 8.43. The molecule has 0 aliphatic carbocycles. The number of ether oxygens (including phenoxy) is 1. The Bertz CT molecular complexity index is 431. The highest BCUT2D eigenvalue weighted by Gasteiger charge is 2.09. The van der Waals surface area contributed by atoms with Gasteiger partial charge in [-0.15, -0.1) is 0 Å². The van der Waals surface area contributed by atoms with Gasteiger partial charge in [-0.1, -0.05) is 0 Å². The number of benzene rings is 1. The molecule has 0 aromatic heterocycles. The zero-order valence-electron chi connectivity index (χ0n) is 12.5. The highest BCUT2D eigenvalue weighted by molar-refractivity contribution is 5.76. The minimum atomic E-state index is 0.150. The summed E-state index contributed by atoms with van der Waals surface area (Å²) in [4.78, 5) is 13.6. The first-order chi connectivity index (χ1) is 9.62. The van der Waals surface area contributed by atoms with Gasteiger partial charge in [0, 0.05) is 38.2 Å². The van der Waals surface area contributed by atoms with Gasteiger partial charge in [-0.2, -0.15) is 0 Å². The van der Waals surface area contributed by atoms with Crippen molar-refractivity contribution in [2.45, 2.75) is 26.8 Å². The molecule has 0 aliphatic rings. The molecule has 20 heavy (non-hydrogen) atoms. The van der Waals surface area contributed by atoms with Gasteiger partial charge in [0.15, 0.2) is 0 Å². The lowest BCUT2D eigenvalue weighted by Gasteiger charge is -2.18. The number of nitrogens with zero attached hydrogens (tertiary/aromatic N) is 1. The normalized spacial score (nSPS) is 10.3. The van der Waals surface area contributed by atoms with Crippen LogP contribution in [0.1, 0.15) is 25.8 Å². The number of nitrogens with one attached hydrogen (secondary N) is 1. The fraction of sp³-hybridized carbons (Fsp3) is 0.533. The molecule has 0 saturated carbocycles. The SMILES string of the molecule is CCN(CC)C(=O)CCNCc1cc(OC)ccc1O. The van der Waals surface area contributed by atoms with Crippen LogP contribution in [0.2, 0.25) is 0 Å². The van der Waals surface area contributed by atoms with Crippen LogP contribution in [0.4, 0.5) is 0 Å².